The van der Waals surface area contributed by atoms with E-state index in [0.717, 1.165) is 19.4 Å². The van der Waals surface area contributed by atoms with Crippen molar-refractivity contribution in [3.05, 3.63) is 0 Å². The maximum atomic E-state index is 10.4. The van der Waals surface area contributed by atoms with Gasteiger partial charge < -0.3 is 4.74 Å². The lowest BCUT2D eigenvalue weighted by Gasteiger charge is -2.02. The molecule has 80 valence electrons. The van der Waals surface area contributed by atoms with E-state index < -0.39 is 9.24 Å². The number of hydrogen-bond acceptors (Lipinski definition) is 3. The Hall–Kier alpha value is 0.160. The lowest BCUT2D eigenvalue weighted by Crippen LogP contribution is -2.20. The number of rotatable bonds is 8. The monoisotopic (exact) mass is 229 g/mol. The predicted molar refractivity (Wildman–Crippen MR) is 53.1 cm³/mol. The summed E-state index contributed by atoms with van der Waals surface area (Å²) >= 11 is 0. The molecule has 0 fully saturated rings. The molecule has 0 bridgehead atoms. The fourth-order valence-corrected chi connectivity index (χ4v) is 1.34. The second kappa shape index (κ2) is 7.55. The average Bonchev–Trinajstić information content (AvgIpc) is 2.01. The zero-order valence-electron chi connectivity index (χ0n) is 7.75. The van der Waals surface area contributed by atoms with Crippen LogP contribution >= 0.6 is 10.7 Å². The third-order valence-electron chi connectivity index (χ3n) is 1.38. The molecule has 0 spiro atoms. The molecule has 1 N–H and O–H groups in total. The summed E-state index contributed by atoms with van der Waals surface area (Å²) in [4.78, 5) is 0. The number of ether oxygens (including phenoxy) is 1. The standard InChI is InChI=1S/C7H16ClNO3S/c1-2-3-6-12-7-4-5-9-13(8,10)11/h9H,2-7H2,1H3. The minimum Gasteiger partial charge on any atom is -0.381 e. The molecule has 0 aromatic rings. The largest absolute Gasteiger partial charge is 0.381 e. The maximum absolute atomic E-state index is 10.4. The first-order chi connectivity index (χ1) is 6.06. The Morgan fingerprint density at radius 3 is 2.46 bits per heavy atom. The predicted octanol–water partition coefficient (Wildman–Crippen LogP) is 1.27. The van der Waals surface area contributed by atoms with Gasteiger partial charge in [0.05, 0.1) is 0 Å². The van der Waals surface area contributed by atoms with Gasteiger partial charge in [0.1, 0.15) is 0 Å². The molecule has 0 unspecified atom stereocenters. The minimum absolute atomic E-state index is 0.331. The van der Waals surface area contributed by atoms with Crippen molar-refractivity contribution in [2.24, 2.45) is 0 Å². The topological polar surface area (TPSA) is 55.4 Å². The first kappa shape index (κ1) is 13.2. The van der Waals surface area contributed by atoms with Gasteiger partial charge in [0.2, 0.25) is 0 Å². The lowest BCUT2D eigenvalue weighted by molar-refractivity contribution is 0.130. The van der Waals surface area contributed by atoms with Crippen LogP contribution in [0.5, 0.6) is 0 Å². The molecule has 0 aliphatic rings. The molecular weight excluding hydrogens is 214 g/mol. The van der Waals surface area contributed by atoms with E-state index in [0.29, 0.717) is 19.6 Å². The quantitative estimate of drug-likeness (QED) is 0.504. The summed E-state index contributed by atoms with van der Waals surface area (Å²) in [5.41, 5.74) is 0. The third-order valence-corrected chi connectivity index (χ3v) is 2.26. The fourth-order valence-electron chi connectivity index (χ4n) is 0.717. The first-order valence-electron chi connectivity index (χ1n) is 4.33. The molecule has 0 radical (unpaired) electrons. The second-order valence-electron chi connectivity index (χ2n) is 2.65. The van der Waals surface area contributed by atoms with Gasteiger partial charge in [-0.1, -0.05) is 13.3 Å². The molecule has 0 amide bonds. The molecule has 6 heteroatoms. The Kier molecular flexibility index (Phi) is 7.65. The van der Waals surface area contributed by atoms with Gasteiger partial charge in [0, 0.05) is 30.4 Å². The van der Waals surface area contributed by atoms with E-state index in [1.165, 1.54) is 0 Å². The Morgan fingerprint density at radius 1 is 1.31 bits per heavy atom. The minimum atomic E-state index is -3.55. The van der Waals surface area contributed by atoms with Crippen LogP contribution < -0.4 is 4.72 Å². The molecule has 0 aliphatic carbocycles. The van der Waals surface area contributed by atoms with Crippen LogP contribution in [0.15, 0.2) is 0 Å². The summed E-state index contributed by atoms with van der Waals surface area (Å²) in [6.45, 7) is 3.73. The molecule has 0 atom stereocenters. The molecule has 0 aromatic carbocycles. The molecule has 0 aromatic heterocycles. The van der Waals surface area contributed by atoms with Gasteiger partial charge in [-0.2, -0.15) is 8.42 Å². The van der Waals surface area contributed by atoms with Crippen molar-refractivity contribution in [2.75, 3.05) is 19.8 Å². The van der Waals surface area contributed by atoms with Crippen LogP contribution in [0.4, 0.5) is 0 Å². The Bertz CT molecular complexity index is 206. The van der Waals surface area contributed by atoms with Gasteiger partial charge in [0.15, 0.2) is 0 Å². The highest BCUT2D eigenvalue weighted by molar-refractivity contribution is 8.12. The summed E-state index contributed by atoms with van der Waals surface area (Å²) in [7, 11) is 1.36. The van der Waals surface area contributed by atoms with Crippen molar-refractivity contribution in [1.29, 1.82) is 0 Å². The van der Waals surface area contributed by atoms with E-state index >= 15 is 0 Å². The zero-order chi connectivity index (χ0) is 10.2. The van der Waals surface area contributed by atoms with Crippen LogP contribution in [-0.4, -0.2) is 28.2 Å². The van der Waals surface area contributed by atoms with E-state index in [4.69, 9.17) is 15.4 Å². The molecule has 0 saturated heterocycles. The van der Waals surface area contributed by atoms with E-state index in [-0.39, 0.29) is 0 Å². The number of halogens is 1. The van der Waals surface area contributed by atoms with Gasteiger partial charge in [-0.3, -0.25) is 0 Å². The molecule has 0 saturated carbocycles. The van der Waals surface area contributed by atoms with Crippen LogP contribution in [0, 0.1) is 0 Å². The summed E-state index contributed by atoms with van der Waals surface area (Å²) < 4.78 is 28.1. The van der Waals surface area contributed by atoms with Crippen molar-refractivity contribution in [2.45, 2.75) is 26.2 Å². The Balaban J connectivity index is 3.09. The number of nitrogens with one attached hydrogen (secondary N) is 1. The normalized spacial score (nSPS) is 11.8. The number of hydrogen-bond donors (Lipinski definition) is 1. The first-order valence-corrected chi connectivity index (χ1v) is 6.64. The van der Waals surface area contributed by atoms with E-state index in [1.807, 2.05) is 0 Å². The second-order valence-corrected chi connectivity index (χ2v) is 5.03. The molecule has 13 heavy (non-hydrogen) atoms. The van der Waals surface area contributed by atoms with Gasteiger partial charge in [-0.05, 0) is 12.8 Å². The van der Waals surface area contributed by atoms with Crippen molar-refractivity contribution >= 4 is 19.9 Å². The van der Waals surface area contributed by atoms with E-state index in [1.54, 1.807) is 0 Å². The fraction of sp³-hybridized carbons (Fsp3) is 1.00. The Morgan fingerprint density at radius 2 is 1.92 bits per heavy atom. The summed E-state index contributed by atoms with van der Waals surface area (Å²) in [6.07, 6.45) is 2.80. The summed E-state index contributed by atoms with van der Waals surface area (Å²) in [5.74, 6) is 0. The van der Waals surface area contributed by atoms with E-state index in [9.17, 15) is 8.42 Å². The molecule has 4 nitrogen and oxygen atoms in total. The highest BCUT2D eigenvalue weighted by atomic mass is 35.7. The van der Waals surface area contributed by atoms with Crippen LogP contribution in [0.3, 0.4) is 0 Å². The van der Waals surface area contributed by atoms with Gasteiger partial charge in [-0.15, -0.1) is 0 Å². The zero-order valence-corrected chi connectivity index (χ0v) is 9.33. The van der Waals surface area contributed by atoms with Crippen molar-refractivity contribution in [1.82, 2.24) is 4.72 Å². The highest BCUT2D eigenvalue weighted by Crippen LogP contribution is 1.91. The van der Waals surface area contributed by atoms with Crippen LogP contribution in [0.1, 0.15) is 26.2 Å². The van der Waals surface area contributed by atoms with Crippen molar-refractivity contribution in [3.63, 3.8) is 0 Å². The van der Waals surface area contributed by atoms with Crippen LogP contribution in [0.2, 0.25) is 0 Å². The summed E-state index contributed by atoms with van der Waals surface area (Å²) in [6, 6.07) is 0. The molecular formula is C7H16ClNO3S. The number of unbranched alkanes of at least 4 members (excludes halogenated alkanes) is 1. The SMILES string of the molecule is CCCCOCCCNS(=O)(=O)Cl. The smallest absolute Gasteiger partial charge is 0.297 e. The van der Waals surface area contributed by atoms with Crippen LogP contribution in [0.25, 0.3) is 0 Å². The van der Waals surface area contributed by atoms with Gasteiger partial charge in [0.25, 0.3) is 9.24 Å². The maximum Gasteiger partial charge on any atom is 0.297 e. The van der Waals surface area contributed by atoms with Gasteiger partial charge in [-0.25, -0.2) is 4.72 Å². The Labute approximate surface area is 84.2 Å². The van der Waals surface area contributed by atoms with Gasteiger partial charge >= 0.3 is 0 Å². The van der Waals surface area contributed by atoms with E-state index in [2.05, 4.69) is 11.6 Å². The molecule has 0 heterocycles. The van der Waals surface area contributed by atoms with Crippen molar-refractivity contribution in [3.8, 4) is 0 Å². The lowest BCUT2D eigenvalue weighted by atomic mass is 10.4. The van der Waals surface area contributed by atoms with Crippen LogP contribution in [-0.2, 0) is 14.0 Å². The molecule has 0 rings (SSSR count). The third kappa shape index (κ3) is 12.2. The highest BCUT2D eigenvalue weighted by Gasteiger charge is 2.00. The van der Waals surface area contributed by atoms with Crippen molar-refractivity contribution < 1.29 is 13.2 Å². The summed E-state index contributed by atoms with van der Waals surface area (Å²) in [5, 5.41) is 0. The molecule has 0 aliphatic heterocycles. The average molecular weight is 230 g/mol.